The number of nitrogens with one attached hydrogen (secondary N) is 2. The molecule has 1 saturated carbocycles. The highest BCUT2D eigenvalue weighted by atomic mass is 16.5. The molecule has 2 amide bonds. The lowest BCUT2D eigenvalue weighted by molar-refractivity contribution is -0.148. The molecule has 0 unspecified atom stereocenters. The van der Waals surface area contributed by atoms with Crippen LogP contribution in [0.25, 0.3) is 10.9 Å². The van der Waals surface area contributed by atoms with E-state index in [1.54, 1.807) is 0 Å². The molecule has 1 aromatic heterocycles. The molecule has 174 valence electrons. The van der Waals surface area contributed by atoms with Crippen LogP contribution in [-0.2, 0) is 20.8 Å². The molecule has 9 heteroatoms. The highest BCUT2D eigenvalue weighted by Gasteiger charge is 2.41. The van der Waals surface area contributed by atoms with Gasteiger partial charge in [0.05, 0.1) is 31.0 Å². The molecule has 0 radical (unpaired) electrons. The van der Waals surface area contributed by atoms with Gasteiger partial charge < -0.3 is 25.0 Å². The molecule has 2 aliphatic rings. The standard InChI is InChI=1S/C23H33N5O4/c1-15-6-4-7-18-20(26-27(21(15)18)12-5-10-25-23(30)31-3)16(2)28(17-8-9-17)22(29)19-14-24-11-13-32-19/h4,6-7,16-17,19,24H,5,8-14H2,1-3H3,(H,25,30)/t16-,19-/m1/s1. The predicted molar refractivity (Wildman–Crippen MR) is 120 cm³/mol. The Hall–Kier alpha value is -2.65. The monoisotopic (exact) mass is 443 g/mol. The zero-order valence-electron chi connectivity index (χ0n) is 19.1. The van der Waals surface area contributed by atoms with E-state index in [0.717, 1.165) is 48.0 Å². The third-order valence-corrected chi connectivity index (χ3v) is 6.21. The number of benzene rings is 1. The maximum absolute atomic E-state index is 13.4. The number of methoxy groups -OCH3 is 1. The quantitative estimate of drug-likeness (QED) is 0.607. The van der Waals surface area contributed by atoms with E-state index in [1.807, 2.05) is 15.6 Å². The van der Waals surface area contributed by atoms with Crippen LogP contribution in [0.3, 0.4) is 0 Å². The van der Waals surface area contributed by atoms with E-state index in [1.165, 1.54) is 7.11 Å². The summed E-state index contributed by atoms with van der Waals surface area (Å²) >= 11 is 0. The molecule has 32 heavy (non-hydrogen) atoms. The minimum Gasteiger partial charge on any atom is -0.453 e. The number of morpholine rings is 1. The molecular formula is C23H33N5O4. The van der Waals surface area contributed by atoms with Crippen molar-refractivity contribution in [1.82, 2.24) is 25.3 Å². The van der Waals surface area contributed by atoms with E-state index >= 15 is 0 Å². The van der Waals surface area contributed by atoms with Crippen LogP contribution in [0.15, 0.2) is 18.2 Å². The number of rotatable bonds is 8. The van der Waals surface area contributed by atoms with Crippen molar-refractivity contribution >= 4 is 22.9 Å². The number of carbonyl (C=O) groups is 2. The van der Waals surface area contributed by atoms with Crippen LogP contribution >= 0.6 is 0 Å². The molecule has 1 aromatic carbocycles. The second-order valence-electron chi connectivity index (χ2n) is 8.57. The molecule has 2 fully saturated rings. The highest BCUT2D eigenvalue weighted by molar-refractivity contribution is 5.87. The zero-order valence-corrected chi connectivity index (χ0v) is 19.1. The number of aryl methyl sites for hydroxylation is 2. The molecule has 2 aromatic rings. The second kappa shape index (κ2) is 9.87. The Balaban J connectivity index is 1.58. The summed E-state index contributed by atoms with van der Waals surface area (Å²) in [6.07, 6.45) is 1.89. The topological polar surface area (TPSA) is 97.7 Å². The van der Waals surface area contributed by atoms with E-state index < -0.39 is 12.2 Å². The van der Waals surface area contributed by atoms with Crippen molar-refractivity contribution in [3.63, 3.8) is 0 Å². The van der Waals surface area contributed by atoms with Crippen molar-refractivity contribution < 1.29 is 19.1 Å². The molecular weight excluding hydrogens is 410 g/mol. The van der Waals surface area contributed by atoms with Gasteiger partial charge in [0, 0.05) is 37.6 Å². The number of ether oxygens (including phenoxy) is 2. The fourth-order valence-corrected chi connectivity index (χ4v) is 4.47. The van der Waals surface area contributed by atoms with E-state index in [2.05, 4.69) is 41.4 Å². The van der Waals surface area contributed by atoms with Gasteiger partial charge in [0.25, 0.3) is 5.91 Å². The van der Waals surface area contributed by atoms with Gasteiger partial charge in [-0.2, -0.15) is 5.10 Å². The minimum atomic E-state index is -0.439. The number of alkyl carbamates (subject to hydrolysis) is 1. The molecule has 4 rings (SSSR count). The van der Waals surface area contributed by atoms with Crippen molar-refractivity contribution in [3.8, 4) is 0 Å². The smallest absolute Gasteiger partial charge is 0.406 e. The number of para-hydroxylation sites is 1. The maximum atomic E-state index is 13.4. The number of aromatic nitrogens is 2. The van der Waals surface area contributed by atoms with E-state index in [-0.39, 0.29) is 18.0 Å². The van der Waals surface area contributed by atoms with Gasteiger partial charge >= 0.3 is 6.09 Å². The van der Waals surface area contributed by atoms with Gasteiger partial charge in [-0.05, 0) is 38.7 Å². The number of hydrogen-bond acceptors (Lipinski definition) is 6. The van der Waals surface area contributed by atoms with Crippen LogP contribution < -0.4 is 10.6 Å². The Morgan fingerprint density at radius 2 is 2.22 bits per heavy atom. The average molecular weight is 444 g/mol. The first-order valence-electron chi connectivity index (χ1n) is 11.4. The van der Waals surface area contributed by atoms with Gasteiger partial charge in [0.1, 0.15) is 6.10 Å². The van der Waals surface area contributed by atoms with Gasteiger partial charge in [-0.15, -0.1) is 0 Å². The predicted octanol–water partition coefficient (Wildman–Crippen LogP) is 2.13. The first-order valence-corrected chi connectivity index (χ1v) is 11.4. The Morgan fingerprint density at radius 1 is 1.41 bits per heavy atom. The van der Waals surface area contributed by atoms with Crippen LogP contribution in [0, 0.1) is 6.92 Å². The first-order chi connectivity index (χ1) is 15.5. The fraction of sp³-hybridized carbons (Fsp3) is 0.609. The molecule has 1 saturated heterocycles. The molecule has 2 N–H and O–H groups in total. The first kappa shape index (κ1) is 22.5. The third-order valence-electron chi connectivity index (χ3n) is 6.21. The Labute approximate surface area is 188 Å². The van der Waals surface area contributed by atoms with Crippen LogP contribution in [0.1, 0.15) is 43.5 Å². The molecule has 0 spiro atoms. The van der Waals surface area contributed by atoms with Crippen LogP contribution in [0.2, 0.25) is 0 Å². The zero-order chi connectivity index (χ0) is 22.7. The summed E-state index contributed by atoms with van der Waals surface area (Å²) in [5, 5.41) is 12.0. The van der Waals surface area contributed by atoms with E-state index in [4.69, 9.17) is 9.84 Å². The number of nitrogens with zero attached hydrogens (tertiary/aromatic N) is 3. The SMILES string of the molecule is COC(=O)NCCCn1nc([C@@H](C)N(C(=O)[C@H]2CNCCO2)C2CC2)c2cccc(C)c21. The molecule has 2 heterocycles. The van der Waals surface area contributed by atoms with Crippen LogP contribution in [-0.4, -0.2) is 72.2 Å². The van der Waals surface area contributed by atoms with Crippen molar-refractivity contribution in [1.29, 1.82) is 0 Å². The second-order valence-corrected chi connectivity index (χ2v) is 8.57. The lowest BCUT2D eigenvalue weighted by Gasteiger charge is -2.33. The van der Waals surface area contributed by atoms with E-state index in [9.17, 15) is 9.59 Å². The van der Waals surface area contributed by atoms with Gasteiger partial charge in [-0.1, -0.05) is 18.2 Å². The number of fused-ring (bicyclic) bond motifs is 1. The van der Waals surface area contributed by atoms with Gasteiger partial charge in [0.15, 0.2) is 0 Å². The van der Waals surface area contributed by atoms with Gasteiger partial charge in [-0.3, -0.25) is 9.48 Å². The lowest BCUT2D eigenvalue weighted by Crippen LogP contribution is -2.50. The summed E-state index contributed by atoms with van der Waals surface area (Å²) in [5.41, 5.74) is 3.12. The van der Waals surface area contributed by atoms with Crippen molar-refractivity contribution in [3.05, 3.63) is 29.5 Å². The molecule has 1 aliphatic heterocycles. The molecule has 9 nitrogen and oxygen atoms in total. The Bertz CT molecular complexity index is 965. The molecule has 1 aliphatic carbocycles. The van der Waals surface area contributed by atoms with Crippen LogP contribution in [0.4, 0.5) is 4.79 Å². The normalized spacial score (nSPS) is 19.5. The average Bonchev–Trinajstić information content (AvgIpc) is 3.57. The summed E-state index contributed by atoms with van der Waals surface area (Å²) in [5.74, 6) is 0.0461. The number of amides is 2. The summed E-state index contributed by atoms with van der Waals surface area (Å²) in [4.78, 5) is 26.7. The summed E-state index contributed by atoms with van der Waals surface area (Å²) < 4.78 is 12.4. The minimum absolute atomic E-state index is 0.0461. The maximum Gasteiger partial charge on any atom is 0.406 e. The highest BCUT2D eigenvalue weighted by Crippen LogP contribution is 2.37. The van der Waals surface area contributed by atoms with Crippen molar-refractivity contribution in [2.24, 2.45) is 0 Å². The summed E-state index contributed by atoms with van der Waals surface area (Å²) in [6.45, 7) is 7.19. The lowest BCUT2D eigenvalue weighted by atomic mass is 10.1. The fourth-order valence-electron chi connectivity index (χ4n) is 4.47. The van der Waals surface area contributed by atoms with Crippen molar-refractivity contribution in [2.75, 3.05) is 33.4 Å². The van der Waals surface area contributed by atoms with Gasteiger partial charge in [0.2, 0.25) is 0 Å². The number of hydrogen-bond donors (Lipinski definition) is 2. The third kappa shape index (κ3) is 4.73. The van der Waals surface area contributed by atoms with Crippen molar-refractivity contribution in [2.45, 2.75) is 57.8 Å². The number of carbonyl (C=O) groups excluding carboxylic acids is 2. The van der Waals surface area contributed by atoms with E-state index in [0.29, 0.717) is 26.2 Å². The largest absolute Gasteiger partial charge is 0.453 e. The Morgan fingerprint density at radius 3 is 2.91 bits per heavy atom. The summed E-state index contributed by atoms with van der Waals surface area (Å²) in [7, 11) is 1.36. The van der Waals surface area contributed by atoms with Crippen LogP contribution in [0.5, 0.6) is 0 Å². The van der Waals surface area contributed by atoms with Gasteiger partial charge in [-0.25, -0.2) is 4.79 Å². The Kier molecular flexibility index (Phi) is 6.95. The molecule has 0 bridgehead atoms. The summed E-state index contributed by atoms with van der Waals surface area (Å²) in [6, 6.07) is 6.29. The molecule has 2 atom stereocenters.